The minimum absolute atomic E-state index is 0.149. The third kappa shape index (κ3) is 3.26. The van der Waals surface area contributed by atoms with Crippen molar-refractivity contribution in [3.05, 3.63) is 56.9 Å². The first-order valence-corrected chi connectivity index (χ1v) is 9.61. The standard InChI is InChI=1S/C16H17BrN2O4S/c1-11-7-13(8-16(20)18(11)2)23-14-9-19(10-14)24(21,22)15-5-3-12(17)4-6-15/h3-8,14H,9-10H2,1-2H3. The molecule has 0 bridgehead atoms. The Bertz CT molecular complexity index is 916. The highest BCUT2D eigenvalue weighted by molar-refractivity contribution is 9.10. The van der Waals surface area contributed by atoms with Gasteiger partial charge in [0.05, 0.1) is 18.0 Å². The molecule has 6 nitrogen and oxygen atoms in total. The summed E-state index contributed by atoms with van der Waals surface area (Å²) in [5.41, 5.74) is 0.639. The third-order valence-corrected chi connectivity index (χ3v) is 6.42. The van der Waals surface area contributed by atoms with E-state index < -0.39 is 10.0 Å². The van der Waals surface area contributed by atoms with Crippen LogP contribution in [0.2, 0.25) is 0 Å². The van der Waals surface area contributed by atoms with Gasteiger partial charge in [-0.1, -0.05) is 15.9 Å². The first-order chi connectivity index (χ1) is 11.3. The Hall–Kier alpha value is -1.64. The predicted octanol–water partition coefficient (Wildman–Crippen LogP) is 1.91. The Morgan fingerprint density at radius 1 is 1.17 bits per heavy atom. The van der Waals surface area contributed by atoms with Gasteiger partial charge in [0.25, 0.3) is 5.56 Å². The molecule has 1 aromatic heterocycles. The smallest absolute Gasteiger partial charge is 0.254 e. The second-order valence-electron chi connectivity index (χ2n) is 5.75. The van der Waals surface area contributed by atoms with Crippen molar-refractivity contribution < 1.29 is 13.2 Å². The van der Waals surface area contributed by atoms with Gasteiger partial charge in [0.2, 0.25) is 10.0 Å². The molecule has 24 heavy (non-hydrogen) atoms. The maximum Gasteiger partial charge on any atom is 0.254 e. The normalized spacial score (nSPS) is 16.0. The van der Waals surface area contributed by atoms with Crippen LogP contribution in [-0.2, 0) is 17.1 Å². The summed E-state index contributed by atoms with van der Waals surface area (Å²) in [7, 11) is -1.81. The van der Waals surface area contributed by atoms with Crippen molar-refractivity contribution in [2.24, 2.45) is 7.05 Å². The second kappa shape index (κ2) is 6.34. The van der Waals surface area contributed by atoms with Crippen LogP contribution in [0.5, 0.6) is 5.75 Å². The van der Waals surface area contributed by atoms with E-state index in [1.54, 1.807) is 37.4 Å². The molecule has 0 saturated carbocycles. The van der Waals surface area contributed by atoms with E-state index in [9.17, 15) is 13.2 Å². The first kappa shape index (κ1) is 17.2. The van der Waals surface area contributed by atoms with E-state index in [-0.39, 0.29) is 29.6 Å². The van der Waals surface area contributed by atoms with Crippen LogP contribution in [0.25, 0.3) is 0 Å². The quantitative estimate of drug-likeness (QED) is 0.768. The fraction of sp³-hybridized carbons (Fsp3) is 0.312. The molecule has 3 rings (SSSR count). The summed E-state index contributed by atoms with van der Waals surface area (Å²) < 4.78 is 34.4. The maximum absolute atomic E-state index is 12.5. The van der Waals surface area contributed by atoms with Crippen LogP contribution < -0.4 is 10.3 Å². The summed E-state index contributed by atoms with van der Waals surface area (Å²) in [5, 5.41) is 0. The highest BCUT2D eigenvalue weighted by Crippen LogP contribution is 2.25. The van der Waals surface area contributed by atoms with Crippen molar-refractivity contribution in [3.8, 4) is 5.75 Å². The van der Waals surface area contributed by atoms with Crippen molar-refractivity contribution in [3.63, 3.8) is 0 Å². The van der Waals surface area contributed by atoms with Gasteiger partial charge in [-0.15, -0.1) is 0 Å². The Balaban J connectivity index is 1.67. The number of hydrogen-bond acceptors (Lipinski definition) is 4. The number of halogens is 1. The predicted molar refractivity (Wildman–Crippen MR) is 93.7 cm³/mol. The van der Waals surface area contributed by atoms with Gasteiger partial charge in [-0.25, -0.2) is 8.42 Å². The molecule has 1 fully saturated rings. The Morgan fingerprint density at radius 2 is 1.79 bits per heavy atom. The molecule has 2 heterocycles. The Labute approximate surface area is 148 Å². The van der Waals surface area contributed by atoms with E-state index in [1.807, 2.05) is 6.92 Å². The number of pyridine rings is 1. The fourth-order valence-corrected chi connectivity index (χ4v) is 4.19. The molecule has 0 N–H and O–H groups in total. The number of sulfonamides is 1. The van der Waals surface area contributed by atoms with E-state index in [2.05, 4.69) is 15.9 Å². The van der Waals surface area contributed by atoms with Crippen molar-refractivity contribution in [2.75, 3.05) is 13.1 Å². The number of nitrogens with zero attached hydrogens (tertiary/aromatic N) is 2. The van der Waals surface area contributed by atoms with Gasteiger partial charge in [0.1, 0.15) is 11.9 Å². The minimum Gasteiger partial charge on any atom is -0.487 e. The van der Waals surface area contributed by atoms with Gasteiger partial charge < -0.3 is 9.30 Å². The van der Waals surface area contributed by atoms with Crippen molar-refractivity contribution in [2.45, 2.75) is 17.9 Å². The Morgan fingerprint density at radius 3 is 2.38 bits per heavy atom. The topological polar surface area (TPSA) is 68.6 Å². The van der Waals surface area contributed by atoms with Crippen LogP contribution in [-0.4, -0.2) is 36.5 Å². The maximum atomic E-state index is 12.5. The molecule has 1 saturated heterocycles. The molecule has 128 valence electrons. The van der Waals surface area contributed by atoms with Crippen molar-refractivity contribution in [1.82, 2.24) is 8.87 Å². The lowest BCUT2D eigenvalue weighted by Gasteiger charge is -2.37. The van der Waals surface area contributed by atoms with Gasteiger partial charge >= 0.3 is 0 Å². The average Bonchev–Trinajstić information content (AvgIpc) is 2.48. The molecule has 2 aromatic rings. The molecule has 1 aliphatic heterocycles. The van der Waals surface area contributed by atoms with Crippen molar-refractivity contribution >= 4 is 26.0 Å². The lowest BCUT2D eigenvalue weighted by molar-refractivity contribution is 0.0759. The van der Waals surface area contributed by atoms with Gasteiger partial charge in [-0.2, -0.15) is 4.31 Å². The monoisotopic (exact) mass is 412 g/mol. The first-order valence-electron chi connectivity index (χ1n) is 7.37. The van der Waals surface area contributed by atoms with Crippen LogP contribution in [0, 0.1) is 6.92 Å². The van der Waals surface area contributed by atoms with E-state index in [0.717, 1.165) is 10.2 Å². The number of hydrogen-bond donors (Lipinski definition) is 0. The number of aromatic nitrogens is 1. The zero-order valence-electron chi connectivity index (χ0n) is 13.3. The van der Waals surface area contributed by atoms with Gasteiger partial charge in [0, 0.05) is 23.3 Å². The molecule has 0 aliphatic carbocycles. The number of rotatable bonds is 4. The largest absolute Gasteiger partial charge is 0.487 e. The molecule has 0 unspecified atom stereocenters. The van der Waals surface area contributed by atoms with Gasteiger partial charge in [-0.3, -0.25) is 4.79 Å². The number of ether oxygens (including phenoxy) is 1. The van der Waals surface area contributed by atoms with Crippen molar-refractivity contribution in [1.29, 1.82) is 0 Å². The van der Waals surface area contributed by atoms with Crippen LogP contribution in [0.1, 0.15) is 5.69 Å². The molecular weight excluding hydrogens is 396 g/mol. The summed E-state index contributed by atoms with van der Waals surface area (Å²) in [6.45, 7) is 2.36. The van der Waals surface area contributed by atoms with Gasteiger partial charge in [0.15, 0.2) is 0 Å². The molecule has 0 spiro atoms. The molecular formula is C16H17BrN2O4S. The summed E-state index contributed by atoms with van der Waals surface area (Å²) in [6, 6.07) is 9.72. The van der Waals surface area contributed by atoms with E-state index in [4.69, 9.17) is 4.74 Å². The summed E-state index contributed by atoms with van der Waals surface area (Å²) >= 11 is 3.29. The fourth-order valence-electron chi connectivity index (χ4n) is 2.42. The van der Waals surface area contributed by atoms with E-state index >= 15 is 0 Å². The van der Waals surface area contributed by atoms with E-state index in [1.165, 1.54) is 14.9 Å². The van der Waals surface area contributed by atoms with Crippen LogP contribution >= 0.6 is 15.9 Å². The lowest BCUT2D eigenvalue weighted by atomic mass is 10.2. The highest BCUT2D eigenvalue weighted by Gasteiger charge is 2.38. The van der Waals surface area contributed by atoms with Gasteiger partial charge in [-0.05, 0) is 37.3 Å². The summed E-state index contributed by atoms with van der Waals surface area (Å²) in [5.74, 6) is 0.473. The zero-order chi connectivity index (χ0) is 17.5. The Kier molecular flexibility index (Phi) is 4.54. The number of aryl methyl sites for hydroxylation is 1. The lowest BCUT2D eigenvalue weighted by Crippen LogP contribution is -2.56. The SMILES string of the molecule is Cc1cc(OC2CN(S(=O)(=O)c3ccc(Br)cc3)C2)cc(=O)n1C. The molecule has 0 radical (unpaired) electrons. The summed E-state index contributed by atoms with van der Waals surface area (Å²) in [6.07, 6.45) is -0.248. The molecule has 0 amide bonds. The summed E-state index contributed by atoms with van der Waals surface area (Å²) in [4.78, 5) is 12.0. The van der Waals surface area contributed by atoms with Crippen LogP contribution in [0.3, 0.4) is 0 Å². The molecule has 8 heteroatoms. The second-order valence-corrected chi connectivity index (χ2v) is 8.60. The molecule has 0 atom stereocenters. The molecule has 1 aliphatic rings. The molecule has 1 aromatic carbocycles. The van der Waals surface area contributed by atoms with E-state index in [0.29, 0.717) is 5.75 Å². The number of benzene rings is 1. The minimum atomic E-state index is -3.50. The average molecular weight is 413 g/mol. The van der Waals surface area contributed by atoms with Crippen LogP contribution in [0.4, 0.5) is 0 Å². The zero-order valence-corrected chi connectivity index (χ0v) is 15.7. The highest BCUT2D eigenvalue weighted by atomic mass is 79.9. The van der Waals surface area contributed by atoms with Crippen LogP contribution in [0.15, 0.2) is 50.6 Å². The third-order valence-electron chi connectivity index (χ3n) is 4.05.